The Bertz CT molecular complexity index is 1380. The molecule has 0 amide bonds. The van der Waals surface area contributed by atoms with Crippen LogP contribution in [0.25, 0.3) is 0 Å². The first kappa shape index (κ1) is 37.7. The van der Waals surface area contributed by atoms with Gasteiger partial charge in [0.2, 0.25) is 0 Å². The first-order valence-corrected chi connectivity index (χ1v) is 19.6. The van der Waals surface area contributed by atoms with E-state index < -0.39 is 54.8 Å². The van der Waals surface area contributed by atoms with E-state index in [1.807, 2.05) is 6.92 Å². The van der Waals surface area contributed by atoms with E-state index in [4.69, 9.17) is 28.4 Å². The van der Waals surface area contributed by atoms with Gasteiger partial charge in [0, 0.05) is 31.9 Å². The molecule has 5 aliphatic carbocycles. The zero-order valence-corrected chi connectivity index (χ0v) is 31.8. The van der Waals surface area contributed by atoms with E-state index in [0.29, 0.717) is 30.8 Å². The number of rotatable bonds is 8. The Kier molecular flexibility index (Phi) is 9.62. The summed E-state index contributed by atoms with van der Waals surface area (Å²) >= 11 is 0. The van der Waals surface area contributed by atoms with Crippen molar-refractivity contribution < 1.29 is 53.3 Å². The molecule has 0 aromatic carbocycles. The molecule has 0 bridgehead atoms. The molecule has 7 fully saturated rings. The average molecular weight is 719 g/mol. The van der Waals surface area contributed by atoms with Crippen molar-refractivity contribution in [1.29, 1.82) is 0 Å². The number of allylic oxidation sites excluding steroid dienone is 1. The van der Waals surface area contributed by atoms with Gasteiger partial charge in [0.05, 0.1) is 18.8 Å². The van der Waals surface area contributed by atoms with Gasteiger partial charge in [-0.05, 0) is 104 Å². The van der Waals surface area contributed by atoms with Crippen molar-refractivity contribution in [1.82, 2.24) is 0 Å². The summed E-state index contributed by atoms with van der Waals surface area (Å²) in [5.74, 6) is 0.383. The van der Waals surface area contributed by atoms with Gasteiger partial charge < -0.3 is 43.7 Å². The molecule has 0 aromatic rings. The summed E-state index contributed by atoms with van der Waals surface area (Å²) in [6.07, 6.45) is 3.14. The lowest BCUT2D eigenvalue weighted by Crippen LogP contribution is -2.64. The fourth-order valence-electron chi connectivity index (χ4n) is 13.9. The maximum Gasteiger partial charge on any atom is 0.330 e. The molecule has 0 unspecified atom stereocenters. The Morgan fingerprint density at radius 1 is 0.961 bits per heavy atom. The maximum absolute atomic E-state index is 12.9. The smallest absolute Gasteiger partial charge is 0.330 e. The summed E-state index contributed by atoms with van der Waals surface area (Å²) in [7, 11) is 0. The van der Waals surface area contributed by atoms with Crippen LogP contribution in [0.4, 0.5) is 0 Å². The summed E-state index contributed by atoms with van der Waals surface area (Å²) in [5.41, 5.74) is -0.233. The number of ether oxygens (including phenoxy) is 6. The van der Waals surface area contributed by atoms with Crippen molar-refractivity contribution in [2.75, 3.05) is 13.2 Å². The minimum atomic E-state index is -1.52. The molecule has 11 heteroatoms. The van der Waals surface area contributed by atoms with Gasteiger partial charge in [0.15, 0.2) is 18.7 Å². The molecule has 2 heterocycles. The molecule has 11 nitrogen and oxygen atoms in total. The SMILES string of the molecule is C/C=C/C(=O)O[C@H]1[C@H](O)[C@@H](O)[C@H](O[C@H]2CC[C@]34C[C@]35CC[C@]3(C)[C@H]6[C@H](C)C[C@H](OCC)O[C@H]6C[C@@]3(C)[C@@H]5C[C@H](OC(C)=O)[C@H]4C2(C)C)O[C@@H]1CO. The predicted molar refractivity (Wildman–Crippen MR) is 185 cm³/mol. The molecule has 0 radical (unpaired) electrons. The molecule has 2 aliphatic heterocycles. The van der Waals surface area contributed by atoms with Gasteiger partial charge in [0.25, 0.3) is 0 Å². The molecule has 7 aliphatic rings. The summed E-state index contributed by atoms with van der Waals surface area (Å²) in [6.45, 7) is 17.1. The van der Waals surface area contributed by atoms with E-state index in [9.17, 15) is 24.9 Å². The molecule has 3 N–H and O–H groups in total. The van der Waals surface area contributed by atoms with E-state index >= 15 is 0 Å². The van der Waals surface area contributed by atoms with E-state index in [-0.39, 0.29) is 52.0 Å². The van der Waals surface area contributed by atoms with Crippen LogP contribution in [-0.4, -0.2) is 95.8 Å². The Morgan fingerprint density at radius 3 is 2.37 bits per heavy atom. The second-order valence-electron chi connectivity index (χ2n) is 18.3. The first-order chi connectivity index (χ1) is 24.0. The Hall–Kier alpha value is -1.60. The maximum atomic E-state index is 12.9. The molecule has 17 atom stereocenters. The van der Waals surface area contributed by atoms with Crippen LogP contribution < -0.4 is 0 Å². The summed E-state index contributed by atoms with van der Waals surface area (Å²) in [5, 5.41) is 32.4. The van der Waals surface area contributed by atoms with Crippen LogP contribution in [0.2, 0.25) is 0 Å². The summed E-state index contributed by atoms with van der Waals surface area (Å²) < 4.78 is 37.1. The van der Waals surface area contributed by atoms with Crippen LogP contribution in [0, 0.1) is 50.7 Å². The number of hydrogen-bond donors (Lipinski definition) is 3. The van der Waals surface area contributed by atoms with E-state index in [1.165, 1.54) is 19.1 Å². The lowest BCUT2D eigenvalue weighted by Gasteiger charge is -2.64. The Labute approximate surface area is 303 Å². The lowest BCUT2D eigenvalue weighted by molar-refractivity contribution is -0.329. The number of fused-ring (bicyclic) bond motifs is 4. The highest BCUT2D eigenvalue weighted by Gasteiger charge is 2.85. The Balaban J connectivity index is 1.15. The first-order valence-electron chi connectivity index (χ1n) is 19.6. The second-order valence-corrected chi connectivity index (χ2v) is 18.3. The van der Waals surface area contributed by atoms with Gasteiger partial charge in [0.1, 0.15) is 24.4 Å². The fourth-order valence-corrected chi connectivity index (χ4v) is 13.9. The third kappa shape index (κ3) is 5.44. The van der Waals surface area contributed by atoms with Crippen LogP contribution in [0.15, 0.2) is 12.2 Å². The third-order valence-electron chi connectivity index (χ3n) is 15.9. The molecule has 7 rings (SSSR count). The molecule has 288 valence electrons. The van der Waals surface area contributed by atoms with Crippen LogP contribution in [-0.2, 0) is 38.0 Å². The predicted octanol–water partition coefficient (Wildman–Crippen LogP) is 4.68. The van der Waals surface area contributed by atoms with Gasteiger partial charge in [-0.3, -0.25) is 4.79 Å². The fraction of sp³-hybridized carbons (Fsp3) is 0.900. The minimum absolute atomic E-state index is 0.0108. The van der Waals surface area contributed by atoms with Gasteiger partial charge in [-0.2, -0.15) is 0 Å². The molecule has 2 saturated heterocycles. The van der Waals surface area contributed by atoms with Crippen molar-refractivity contribution in [2.45, 2.75) is 162 Å². The van der Waals surface area contributed by atoms with E-state index in [2.05, 4.69) is 34.6 Å². The number of hydrogen-bond acceptors (Lipinski definition) is 11. The van der Waals surface area contributed by atoms with Crippen LogP contribution in [0.3, 0.4) is 0 Å². The highest BCUT2D eigenvalue weighted by Crippen LogP contribution is 2.89. The van der Waals surface area contributed by atoms with Gasteiger partial charge in [-0.15, -0.1) is 0 Å². The number of aliphatic hydroxyl groups excluding tert-OH is 3. The van der Waals surface area contributed by atoms with Gasteiger partial charge >= 0.3 is 11.9 Å². The zero-order chi connectivity index (χ0) is 36.9. The van der Waals surface area contributed by atoms with Crippen LogP contribution >= 0.6 is 0 Å². The van der Waals surface area contributed by atoms with Crippen molar-refractivity contribution in [3.8, 4) is 0 Å². The van der Waals surface area contributed by atoms with Crippen LogP contribution in [0.5, 0.6) is 0 Å². The van der Waals surface area contributed by atoms with E-state index in [1.54, 1.807) is 6.92 Å². The molecular formula is C40H62O11. The number of carbonyl (C=O) groups excluding carboxylic acids is 2. The summed E-state index contributed by atoms with van der Waals surface area (Å²) in [6, 6.07) is 0. The van der Waals surface area contributed by atoms with Crippen molar-refractivity contribution >= 4 is 11.9 Å². The number of esters is 2. The van der Waals surface area contributed by atoms with Crippen molar-refractivity contribution in [3.05, 3.63) is 12.2 Å². The van der Waals surface area contributed by atoms with Gasteiger partial charge in [-0.25, -0.2) is 4.79 Å². The average Bonchev–Trinajstić information content (AvgIpc) is 3.63. The lowest BCUT2D eigenvalue weighted by atomic mass is 9.41. The van der Waals surface area contributed by atoms with Crippen LogP contribution in [0.1, 0.15) is 107 Å². The monoisotopic (exact) mass is 718 g/mol. The van der Waals surface area contributed by atoms with Gasteiger partial charge in [-0.1, -0.05) is 40.7 Å². The third-order valence-corrected chi connectivity index (χ3v) is 15.9. The largest absolute Gasteiger partial charge is 0.462 e. The molecule has 2 spiro atoms. The number of carbonyl (C=O) groups is 2. The van der Waals surface area contributed by atoms with Crippen molar-refractivity contribution in [2.24, 2.45) is 50.7 Å². The van der Waals surface area contributed by atoms with E-state index in [0.717, 1.165) is 44.9 Å². The zero-order valence-electron chi connectivity index (χ0n) is 31.8. The normalized spacial score (nSPS) is 52.5. The second kappa shape index (κ2) is 13.0. The molecule has 5 saturated carbocycles. The molecule has 51 heavy (non-hydrogen) atoms. The molecule has 0 aromatic heterocycles. The quantitative estimate of drug-likeness (QED) is 0.183. The standard InChI is InChI=1S/C40H62O11/c1-9-11-28(43)51-33-25(19-41)49-35(32(45)31(33)44)50-27-12-13-40-20-39(40)15-14-37(7)30-21(3)16-29(46-10-2)48-24(30)18-38(37,8)26(39)17-23(47-22(4)42)34(40)36(27,5)6/h9,11,21,23-27,29-35,41,44-45H,10,12-20H2,1-8H3/b11-9+/t21-,23+,24+,25-,26+,27+,29-,30+,31-,32-,33-,34+,35+,37-,38+,39+,40-/m1/s1. The summed E-state index contributed by atoms with van der Waals surface area (Å²) in [4.78, 5) is 25.0. The highest BCUT2D eigenvalue weighted by atomic mass is 16.7. The highest BCUT2D eigenvalue weighted by molar-refractivity contribution is 5.82. The minimum Gasteiger partial charge on any atom is -0.462 e. The number of aliphatic hydroxyl groups is 3. The molecular weight excluding hydrogens is 656 g/mol. The van der Waals surface area contributed by atoms with Crippen molar-refractivity contribution in [3.63, 3.8) is 0 Å². The Morgan fingerprint density at radius 2 is 1.71 bits per heavy atom. The topological polar surface area (TPSA) is 150 Å².